The molecule has 0 spiro atoms. The number of nitro benzene ring substituents is 1. The van der Waals surface area contributed by atoms with E-state index < -0.39 is 40.4 Å². The highest BCUT2D eigenvalue weighted by atomic mass is 16.6. The van der Waals surface area contributed by atoms with Gasteiger partial charge in [0, 0.05) is 40.3 Å². The topological polar surface area (TPSA) is 135 Å². The molecule has 0 aromatic heterocycles. The average Bonchev–Trinajstić information content (AvgIpc) is 3.21. The SMILES string of the molecule is C=CCc1cccc(C2C3=CCC4C(=O)N(c5cccc([N+](=O)[O-])c5)C(=O)C4C3CC3=C2C(=O)C=C(C)C3=O)c1O. The van der Waals surface area contributed by atoms with Crippen LogP contribution >= 0.6 is 0 Å². The van der Waals surface area contributed by atoms with E-state index in [0.717, 1.165) is 4.90 Å². The Hall–Kier alpha value is -4.92. The van der Waals surface area contributed by atoms with Crippen molar-refractivity contribution in [3.63, 3.8) is 0 Å². The summed E-state index contributed by atoms with van der Waals surface area (Å²) < 4.78 is 0. The zero-order valence-corrected chi connectivity index (χ0v) is 22.2. The Labute approximate surface area is 235 Å². The van der Waals surface area contributed by atoms with Gasteiger partial charge in [-0.2, -0.15) is 0 Å². The minimum Gasteiger partial charge on any atom is -0.507 e. The van der Waals surface area contributed by atoms with E-state index in [1.165, 1.54) is 30.3 Å². The first-order chi connectivity index (χ1) is 19.6. The number of hydrogen-bond donors (Lipinski definition) is 1. The molecular weight excluding hydrogens is 524 g/mol. The lowest BCUT2D eigenvalue weighted by molar-refractivity contribution is -0.384. The normalized spacial score (nSPS) is 25.3. The standard InChI is InChI=1S/C32H26N2O7/c1-3-6-17-7-4-10-21(30(17)37)26-20-11-12-22-27(23(20)15-24-28(26)25(35)13-16(2)29(24)36)32(39)33(31(22)38)18-8-5-9-19(14-18)34(40)41/h3-5,7-11,13-14,22-23,26-27,37H,1,6,12,15H2,2H3. The van der Waals surface area contributed by atoms with Crippen LogP contribution in [0.15, 0.2) is 89.6 Å². The number of imide groups is 1. The predicted molar refractivity (Wildman–Crippen MR) is 149 cm³/mol. The number of nitrogens with zero attached hydrogens (tertiary/aromatic N) is 2. The van der Waals surface area contributed by atoms with Gasteiger partial charge in [-0.25, -0.2) is 4.90 Å². The predicted octanol–water partition coefficient (Wildman–Crippen LogP) is 4.66. The molecule has 4 atom stereocenters. The lowest BCUT2D eigenvalue weighted by Gasteiger charge is -2.42. The summed E-state index contributed by atoms with van der Waals surface area (Å²) >= 11 is 0. The van der Waals surface area contributed by atoms with Gasteiger partial charge in [0.25, 0.3) is 5.69 Å². The van der Waals surface area contributed by atoms with Crippen molar-refractivity contribution in [1.29, 1.82) is 0 Å². The number of non-ortho nitro benzene ring substituents is 1. The highest BCUT2D eigenvalue weighted by Gasteiger charge is 2.57. The molecule has 1 N–H and O–H groups in total. The maximum Gasteiger partial charge on any atom is 0.271 e. The number of aromatic hydroxyl groups is 1. The van der Waals surface area contributed by atoms with Gasteiger partial charge in [-0.3, -0.25) is 29.3 Å². The summed E-state index contributed by atoms with van der Waals surface area (Å²) in [6, 6.07) is 10.6. The molecule has 1 fully saturated rings. The van der Waals surface area contributed by atoms with E-state index in [1.807, 2.05) is 6.08 Å². The summed E-state index contributed by atoms with van der Waals surface area (Å²) in [5.41, 5.74) is 2.54. The molecule has 2 aromatic rings. The molecule has 1 saturated heterocycles. The number of amides is 2. The Kier molecular flexibility index (Phi) is 6.17. The fraction of sp³-hybridized carbons (Fsp3) is 0.250. The number of carbonyl (C=O) groups is 4. The molecule has 9 nitrogen and oxygen atoms in total. The van der Waals surface area contributed by atoms with Crippen LogP contribution in [0.4, 0.5) is 11.4 Å². The molecule has 4 aliphatic rings. The van der Waals surface area contributed by atoms with Gasteiger partial charge in [0.05, 0.1) is 22.4 Å². The fourth-order valence-electron chi connectivity index (χ4n) is 6.90. The third-order valence-electron chi connectivity index (χ3n) is 8.69. The molecule has 206 valence electrons. The molecule has 0 radical (unpaired) electrons. The maximum atomic E-state index is 14.0. The van der Waals surface area contributed by atoms with Crippen LogP contribution in [0.1, 0.15) is 36.8 Å². The zero-order valence-electron chi connectivity index (χ0n) is 22.2. The molecule has 0 bridgehead atoms. The number of anilines is 1. The van der Waals surface area contributed by atoms with Crippen molar-refractivity contribution in [2.45, 2.75) is 32.1 Å². The monoisotopic (exact) mass is 550 g/mol. The number of allylic oxidation sites excluding steroid dienone is 7. The van der Waals surface area contributed by atoms with Crippen LogP contribution in [-0.4, -0.2) is 33.4 Å². The molecule has 3 aliphatic carbocycles. The first-order valence-corrected chi connectivity index (χ1v) is 13.4. The summed E-state index contributed by atoms with van der Waals surface area (Å²) in [7, 11) is 0. The third kappa shape index (κ3) is 3.91. The van der Waals surface area contributed by atoms with Gasteiger partial charge < -0.3 is 5.11 Å². The van der Waals surface area contributed by atoms with Crippen LogP contribution in [0.3, 0.4) is 0 Å². The van der Waals surface area contributed by atoms with Gasteiger partial charge in [-0.05, 0) is 49.8 Å². The number of benzene rings is 2. The molecule has 0 saturated carbocycles. The first-order valence-electron chi connectivity index (χ1n) is 13.4. The molecule has 1 aliphatic heterocycles. The number of nitro groups is 1. The summed E-state index contributed by atoms with van der Waals surface area (Å²) in [6.45, 7) is 5.32. The Balaban J connectivity index is 1.49. The van der Waals surface area contributed by atoms with Gasteiger partial charge in [0.2, 0.25) is 11.8 Å². The molecule has 6 rings (SSSR count). The van der Waals surface area contributed by atoms with Crippen LogP contribution in [0.2, 0.25) is 0 Å². The van der Waals surface area contributed by atoms with Crippen molar-refractivity contribution >= 4 is 34.8 Å². The number of rotatable bonds is 5. The number of ketones is 2. The third-order valence-corrected chi connectivity index (χ3v) is 8.69. The van der Waals surface area contributed by atoms with Crippen molar-refractivity contribution in [3.05, 3.63) is 111 Å². The van der Waals surface area contributed by atoms with Crippen molar-refractivity contribution < 1.29 is 29.2 Å². The number of phenols is 1. The summed E-state index contributed by atoms with van der Waals surface area (Å²) in [6.07, 6.45) is 5.55. The van der Waals surface area contributed by atoms with E-state index in [9.17, 15) is 34.4 Å². The van der Waals surface area contributed by atoms with Crippen molar-refractivity contribution in [3.8, 4) is 5.75 Å². The van der Waals surface area contributed by atoms with E-state index >= 15 is 0 Å². The maximum absolute atomic E-state index is 14.0. The number of para-hydroxylation sites is 1. The van der Waals surface area contributed by atoms with E-state index in [2.05, 4.69) is 6.58 Å². The van der Waals surface area contributed by atoms with Gasteiger partial charge >= 0.3 is 0 Å². The fourth-order valence-corrected chi connectivity index (χ4v) is 6.90. The molecule has 4 unspecified atom stereocenters. The quantitative estimate of drug-likeness (QED) is 0.188. The molecular formula is C32H26N2O7. The van der Waals surface area contributed by atoms with Gasteiger partial charge in [0.1, 0.15) is 5.75 Å². The second kappa shape index (κ2) is 9.62. The number of hydrogen-bond acceptors (Lipinski definition) is 7. The molecule has 2 amide bonds. The largest absolute Gasteiger partial charge is 0.507 e. The Morgan fingerprint density at radius 2 is 1.85 bits per heavy atom. The van der Waals surface area contributed by atoms with Crippen LogP contribution in [0, 0.1) is 27.9 Å². The summed E-state index contributed by atoms with van der Waals surface area (Å²) in [5.74, 6) is -4.46. The minimum atomic E-state index is -0.828. The van der Waals surface area contributed by atoms with Crippen LogP contribution in [-0.2, 0) is 25.6 Å². The van der Waals surface area contributed by atoms with Crippen LogP contribution in [0.5, 0.6) is 5.75 Å². The van der Waals surface area contributed by atoms with E-state index in [0.29, 0.717) is 39.8 Å². The lowest BCUT2D eigenvalue weighted by Crippen LogP contribution is -2.39. The summed E-state index contributed by atoms with van der Waals surface area (Å²) in [5, 5.41) is 22.7. The van der Waals surface area contributed by atoms with Gasteiger partial charge in [-0.15, -0.1) is 6.58 Å². The Bertz CT molecular complexity index is 1700. The highest BCUT2D eigenvalue weighted by molar-refractivity contribution is 6.25. The first kappa shape index (κ1) is 26.3. The van der Waals surface area contributed by atoms with Crippen molar-refractivity contribution in [1.82, 2.24) is 0 Å². The zero-order chi connectivity index (χ0) is 29.2. The molecule has 9 heteroatoms. The molecule has 2 aromatic carbocycles. The minimum absolute atomic E-state index is 0.00788. The highest BCUT2D eigenvalue weighted by Crippen LogP contribution is 2.56. The number of fused-ring (bicyclic) bond motifs is 3. The van der Waals surface area contributed by atoms with E-state index in [1.54, 1.807) is 31.2 Å². The van der Waals surface area contributed by atoms with Gasteiger partial charge in [0.15, 0.2) is 11.6 Å². The molecule has 1 heterocycles. The van der Waals surface area contributed by atoms with E-state index in [4.69, 9.17) is 0 Å². The van der Waals surface area contributed by atoms with Crippen LogP contribution < -0.4 is 4.90 Å². The second-order valence-corrected chi connectivity index (χ2v) is 10.9. The van der Waals surface area contributed by atoms with Gasteiger partial charge in [-0.1, -0.05) is 42.0 Å². The smallest absolute Gasteiger partial charge is 0.271 e. The van der Waals surface area contributed by atoms with Crippen molar-refractivity contribution in [2.75, 3.05) is 4.90 Å². The summed E-state index contributed by atoms with van der Waals surface area (Å²) in [4.78, 5) is 66.2. The van der Waals surface area contributed by atoms with E-state index in [-0.39, 0.29) is 41.5 Å². The number of phenolic OH excluding ortho intramolecular Hbond substituents is 1. The van der Waals surface area contributed by atoms with Crippen LogP contribution in [0.25, 0.3) is 0 Å². The Morgan fingerprint density at radius 3 is 2.59 bits per heavy atom. The average molecular weight is 551 g/mol. The second-order valence-electron chi connectivity index (χ2n) is 10.9. The number of Topliss-reactive ketones (excluding diaryl/α,β-unsaturated/α-hetero) is 1. The number of carbonyl (C=O) groups excluding carboxylic acids is 4. The van der Waals surface area contributed by atoms with Crippen molar-refractivity contribution in [2.24, 2.45) is 17.8 Å². The Morgan fingerprint density at radius 1 is 1.10 bits per heavy atom. The lowest BCUT2D eigenvalue weighted by atomic mass is 9.59. The molecule has 41 heavy (non-hydrogen) atoms.